The quantitative estimate of drug-likeness (QED) is 0.798. The summed E-state index contributed by atoms with van der Waals surface area (Å²) >= 11 is 0. The maximum absolute atomic E-state index is 9.65. The molecule has 1 aromatic heterocycles. The number of aromatic hydroxyl groups is 2. The first-order chi connectivity index (χ1) is 8.11. The summed E-state index contributed by atoms with van der Waals surface area (Å²) in [4.78, 5) is 4.20. The SMILES string of the molecule is CCC(C)c1noc(-c2cc(O)ccc2O)n1. The van der Waals surface area contributed by atoms with Gasteiger partial charge in [0.25, 0.3) is 5.89 Å². The number of nitrogens with zero attached hydrogens (tertiary/aromatic N) is 2. The Morgan fingerprint density at radius 3 is 2.82 bits per heavy atom. The summed E-state index contributed by atoms with van der Waals surface area (Å²) in [6, 6.07) is 4.17. The minimum absolute atomic E-state index is 0.00199. The van der Waals surface area contributed by atoms with Crippen molar-refractivity contribution in [3.8, 4) is 23.0 Å². The number of phenols is 2. The van der Waals surface area contributed by atoms with Crippen LogP contribution in [0.5, 0.6) is 11.5 Å². The normalized spacial score (nSPS) is 12.6. The van der Waals surface area contributed by atoms with Gasteiger partial charge < -0.3 is 14.7 Å². The van der Waals surface area contributed by atoms with E-state index < -0.39 is 0 Å². The molecular weight excluding hydrogens is 220 g/mol. The Kier molecular flexibility index (Phi) is 2.99. The number of hydrogen-bond donors (Lipinski definition) is 2. The fourth-order valence-electron chi connectivity index (χ4n) is 1.42. The van der Waals surface area contributed by atoms with Gasteiger partial charge in [0.2, 0.25) is 0 Å². The van der Waals surface area contributed by atoms with E-state index in [9.17, 15) is 10.2 Å². The molecule has 0 fully saturated rings. The first kappa shape index (κ1) is 11.4. The van der Waals surface area contributed by atoms with Gasteiger partial charge in [0.05, 0.1) is 5.56 Å². The predicted octanol–water partition coefficient (Wildman–Crippen LogP) is 2.66. The summed E-state index contributed by atoms with van der Waals surface area (Å²) in [6.07, 6.45) is 0.908. The summed E-state index contributed by atoms with van der Waals surface area (Å²) in [6.45, 7) is 4.03. The molecule has 1 atom stereocenters. The van der Waals surface area contributed by atoms with Gasteiger partial charge in [0.15, 0.2) is 5.82 Å². The van der Waals surface area contributed by atoms with E-state index >= 15 is 0 Å². The van der Waals surface area contributed by atoms with Crippen molar-refractivity contribution < 1.29 is 14.7 Å². The van der Waals surface area contributed by atoms with Crippen LogP contribution in [0.2, 0.25) is 0 Å². The zero-order valence-electron chi connectivity index (χ0n) is 9.71. The third-order valence-electron chi connectivity index (χ3n) is 2.71. The molecule has 0 aliphatic heterocycles. The van der Waals surface area contributed by atoms with Crippen molar-refractivity contribution in [1.29, 1.82) is 0 Å². The van der Waals surface area contributed by atoms with Crippen molar-refractivity contribution in [1.82, 2.24) is 10.1 Å². The monoisotopic (exact) mass is 234 g/mol. The second-order valence-electron chi connectivity index (χ2n) is 3.97. The molecule has 1 unspecified atom stereocenters. The summed E-state index contributed by atoms with van der Waals surface area (Å²) in [7, 11) is 0. The summed E-state index contributed by atoms with van der Waals surface area (Å²) in [5.41, 5.74) is 0.340. The molecular formula is C12H14N2O3. The second kappa shape index (κ2) is 4.45. The van der Waals surface area contributed by atoms with E-state index in [2.05, 4.69) is 10.1 Å². The Morgan fingerprint density at radius 2 is 2.12 bits per heavy atom. The largest absolute Gasteiger partial charge is 0.508 e. The lowest BCUT2D eigenvalue weighted by atomic mass is 10.1. The minimum atomic E-state index is 0.00199. The Balaban J connectivity index is 2.40. The van der Waals surface area contributed by atoms with E-state index in [1.165, 1.54) is 18.2 Å². The van der Waals surface area contributed by atoms with E-state index in [1.807, 2.05) is 13.8 Å². The van der Waals surface area contributed by atoms with Crippen molar-refractivity contribution in [3.63, 3.8) is 0 Å². The lowest BCUT2D eigenvalue weighted by Crippen LogP contribution is -1.93. The first-order valence-corrected chi connectivity index (χ1v) is 5.47. The number of phenolic OH excluding ortho intramolecular Hbond substituents is 2. The lowest BCUT2D eigenvalue weighted by Gasteiger charge is -2.00. The molecule has 90 valence electrons. The van der Waals surface area contributed by atoms with Gasteiger partial charge in [-0.05, 0) is 24.6 Å². The molecule has 1 heterocycles. The highest BCUT2D eigenvalue weighted by atomic mass is 16.5. The highest BCUT2D eigenvalue weighted by Crippen LogP contribution is 2.31. The van der Waals surface area contributed by atoms with E-state index in [0.717, 1.165) is 6.42 Å². The molecule has 5 heteroatoms. The molecule has 2 rings (SSSR count). The third-order valence-corrected chi connectivity index (χ3v) is 2.71. The summed E-state index contributed by atoms with van der Waals surface area (Å²) < 4.78 is 5.08. The molecule has 0 amide bonds. The highest BCUT2D eigenvalue weighted by Gasteiger charge is 2.16. The standard InChI is InChI=1S/C12H14N2O3/c1-3-7(2)11-13-12(17-14-11)9-6-8(15)4-5-10(9)16/h4-7,15-16H,3H2,1-2H3. The topological polar surface area (TPSA) is 79.4 Å². The van der Waals surface area contributed by atoms with Gasteiger partial charge in [-0.25, -0.2) is 0 Å². The molecule has 5 nitrogen and oxygen atoms in total. The van der Waals surface area contributed by atoms with Gasteiger partial charge >= 0.3 is 0 Å². The Bertz CT molecular complexity index is 522. The van der Waals surface area contributed by atoms with Crippen LogP contribution in [0.1, 0.15) is 32.0 Å². The molecule has 2 N–H and O–H groups in total. The van der Waals surface area contributed by atoms with Crippen molar-refractivity contribution in [3.05, 3.63) is 24.0 Å². The third kappa shape index (κ3) is 2.22. The van der Waals surface area contributed by atoms with Crippen LogP contribution in [-0.4, -0.2) is 20.4 Å². The molecule has 0 aliphatic rings. The van der Waals surface area contributed by atoms with Gasteiger partial charge in [-0.2, -0.15) is 4.98 Å². The highest BCUT2D eigenvalue weighted by molar-refractivity contribution is 5.64. The fourth-order valence-corrected chi connectivity index (χ4v) is 1.42. The molecule has 0 bridgehead atoms. The van der Waals surface area contributed by atoms with Crippen LogP contribution in [0.25, 0.3) is 11.5 Å². The maximum atomic E-state index is 9.65. The fraction of sp³-hybridized carbons (Fsp3) is 0.333. The number of benzene rings is 1. The average molecular weight is 234 g/mol. The lowest BCUT2D eigenvalue weighted by molar-refractivity contribution is 0.411. The van der Waals surface area contributed by atoms with Crippen LogP contribution in [0.15, 0.2) is 22.7 Å². The van der Waals surface area contributed by atoms with Gasteiger partial charge in [0, 0.05) is 5.92 Å². The first-order valence-electron chi connectivity index (χ1n) is 5.47. The van der Waals surface area contributed by atoms with E-state index in [-0.39, 0.29) is 23.3 Å². The molecule has 0 saturated carbocycles. The molecule has 17 heavy (non-hydrogen) atoms. The number of rotatable bonds is 3. The molecule has 0 aliphatic carbocycles. The van der Waals surface area contributed by atoms with E-state index in [1.54, 1.807) is 0 Å². The predicted molar refractivity (Wildman–Crippen MR) is 61.8 cm³/mol. The van der Waals surface area contributed by atoms with Crippen LogP contribution in [-0.2, 0) is 0 Å². The van der Waals surface area contributed by atoms with Crippen LogP contribution < -0.4 is 0 Å². The summed E-state index contributed by atoms with van der Waals surface area (Å²) in [5.74, 6) is 1.06. The molecule has 0 spiro atoms. The molecule has 1 aromatic carbocycles. The van der Waals surface area contributed by atoms with Crippen molar-refractivity contribution in [2.45, 2.75) is 26.2 Å². The number of aromatic nitrogens is 2. The van der Waals surface area contributed by atoms with E-state index in [4.69, 9.17) is 4.52 Å². The molecule has 0 saturated heterocycles. The zero-order valence-corrected chi connectivity index (χ0v) is 9.71. The van der Waals surface area contributed by atoms with Crippen LogP contribution in [0, 0.1) is 0 Å². The van der Waals surface area contributed by atoms with E-state index in [0.29, 0.717) is 11.4 Å². The van der Waals surface area contributed by atoms with Gasteiger partial charge in [0.1, 0.15) is 11.5 Å². The van der Waals surface area contributed by atoms with Crippen LogP contribution >= 0.6 is 0 Å². The van der Waals surface area contributed by atoms with Gasteiger partial charge in [-0.3, -0.25) is 0 Å². The minimum Gasteiger partial charge on any atom is -0.508 e. The second-order valence-corrected chi connectivity index (χ2v) is 3.97. The Labute approximate surface area is 98.7 Å². The Hall–Kier alpha value is -2.04. The van der Waals surface area contributed by atoms with Crippen molar-refractivity contribution >= 4 is 0 Å². The van der Waals surface area contributed by atoms with Gasteiger partial charge in [-0.15, -0.1) is 0 Å². The van der Waals surface area contributed by atoms with Crippen molar-refractivity contribution in [2.24, 2.45) is 0 Å². The average Bonchev–Trinajstić information content (AvgIpc) is 2.80. The molecule has 0 radical (unpaired) electrons. The summed E-state index contributed by atoms with van der Waals surface area (Å²) in [5, 5.41) is 22.9. The zero-order chi connectivity index (χ0) is 12.4. The molecule has 2 aromatic rings. The Morgan fingerprint density at radius 1 is 1.35 bits per heavy atom. The smallest absolute Gasteiger partial charge is 0.261 e. The van der Waals surface area contributed by atoms with Crippen LogP contribution in [0.3, 0.4) is 0 Å². The van der Waals surface area contributed by atoms with Gasteiger partial charge in [-0.1, -0.05) is 19.0 Å². The number of hydrogen-bond acceptors (Lipinski definition) is 5. The van der Waals surface area contributed by atoms with Crippen molar-refractivity contribution in [2.75, 3.05) is 0 Å². The maximum Gasteiger partial charge on any atom is 0.261 e. The van der Waals surface area contributed by atoms with Crippen LogP contribution in [0.4, 0.5) is 0 Å².